The molecule has 0 saturated heterocycles. The van der Waals surface area contributed by atoms with Crippen molar-refractivity contribution in [3.8, 4) is 0 Å². The van der Waals surface area contributed by atoms with Crippen molar-refractivity contribution in [1.82, 2.24) is 5.32 Å². The Labute approximate surface area is 156 Å². The number of hydrogen-bond acceptors (Lipinski definition) is 3. The fourth-order valence-corrected chi connectivity index (χ4v) is 3.99. The molecule has 0 atom stereocenters. The maximum atomic E-state index is 12.8. The Bertz CT molecular complexity index is 849. The number of nitrogens with one attached hydrogen (secondary N) is 1. The summed E-state index contributed by atoms with van der Waals surface area (Å²) in [6.07, 6.45) is 3.14. The van der Waals surface area contributed by atoms with E-state index in [9.17, 15) is 13.2 Å². The van der Waals surface area contributed by atoms with Crippen LogP contribution in [0.2, 0.25) is 0 Å². The standard InChI is InChI=1S/C20H26N2O3S/c1-4-5-9-14-21-20(23)17-12-13-19(16(2)15-17)22(3)26(24,25)18-10-7-6-8-11-18/h6-8,10-13,15H,4-5,9,14H2,1-3H3,(H,21,23). The molecular formula is C20H26N2O3S. The van der Waals surface area contributed by atoms with Crippen molar-refractivity contribution in [2.24, 2.45) is 0 Å². The average Bonchev–Trinajstić information content (AvgIpc) is 2.65. The van der Waals surface area contributed by atoms with Crippen LogP contribution in [0.5, 0.6) is 0 Å². The Morgan fingerprint density at radius 1 is 1.08 bits per heavy atom. The van der Waals surface area contributed by atoms with Gasteiger partial charge in [-0.1, -0.05) is 38.0 Å². The predicted octanol–water partition coefficient (Wildman–Crippen LogP) is 3.74. The highest BCUT2D eigenvalue weighted by atomic mass is 32.2. The van der Waals surface area contributed by atoms with Crippen LogP contribution < -0.4 is 9.62 Å². The monoisotopic (exact) mass is 374 g/mol. The highest BCUT2D eigenvalue weighted by Crippen LogP contribution is 2.26. The molecule has 2 aromatic carbocycles. The maximum absolute atomic E-state index is 12.8. The lowest BCUT2D eigenvalue weighted by Gasteiger charge is -2.22. The van der Waals surface area contributed by atoms with E-state index < -0.39 is 10.0 Å². The van der Waals surface area contributed by atoms with Gasteiger partial charge in [0.1, 0.15) is 0 Å². The van der Waals surface area contributed by atoms with Gasteiger partial charge in [-0.05, 0) is 49.2 Å². The number of aryl methyl sites for hydroxylation is 1. The summed E-state index contributed by atoms with van der Waals surface area (Å²) < 4.78 is 26.8. The van der Waals surface area contributed by atoms with Crippen LogP contribution in [0.4, 0.5) is 5.69 Å². The van der Waals surface area contributed by atoms with Crippen molar-refractivity contribution < 1.29 is 13.2 Å². The summed E-state index contributed by atoms with van der Waals surface area (Å²) in [4.78, 5) is 12.5. The molecule has 5 nitrogen and oxygen atoms in total. The quantitative estimate of drug-likeness (QED) is 0.716. The van der Waals surface area contributed by atoms with E-state index in [1.165, 1.54) is 11.4 Å². The first-order chi connectivity index (χ1) is 12.4. The fraction of sp³-hybridized carbons (Fsp3) is 0.350. The molecule has 0 fully saturated rings. The first-order valence-corrected chi connectivity index (χ1v) is 10.2. The molecule has 1 amide bonds. The molecule has 0 spiro atoms. The summed E-state index contributed by atoms with van der Waals surface area (Å²) in [6, 6.07) is 13.4. The van der Waals surface area contributed by atoms with Gasteiger partial charge in [-0.15, -0.1) is 0 Å². The zero-order valence-electron chi connectivity index (χ0n) is 15.5. The van der Waals surface area contributed by atoms with Crippen LogP contribution in [-0.4, -0.2) is 27.9 Å². The Balaban J connectivity index is 2.17. The van der Waals surface area contributed by atoms with Crippen LogP contribution in [0.25, 0.3) is 0 Å². The van der Waals surface area contributed by atoms with Crippen LogP contribution in [0.3, 0.4) is 0 Å². The SMILES string of the molecule is CCCCCNC(=O)c1ccc(N(C)S(=O)(=O)c2ccccc2)c(C)c1. The van der Waals surface area contributed by atoms with Gasteiger partial charge in [-0.3, -0.25) is 9.10 Å². The number of rotatable bonds is 8. The number of carbonyl (C=O) groups excluding carboxylic acids is 1. The molecule has 140 valence electrons. The van der Waals surface area contributed by atoms with Crippen LogP contribution in [-0.2, 0) is 10.0 Å². The van der Waals surface area contributed by atoms with Crippen LogP contribution in [0.15, 0.2) is 53.4 Å². The molecule has 1 N–H and O–H groups in total. The van der Waals surface area contributed by atoms with Gasteiger partial charge in [-0.25, -0.2) is 8.42 Å². The van der Waals surface area contributed by atoms with Gasteiger partial charge in [-0.2, -0.15) is 0 Å². The third-order valence-corrected chi connectivity index (χ3v) is 6.05. The summed E-state index contributed by atoms with van der Waals surface area (Å²) in [7, 11) is -2.11. The summed E-state index contributed by atoms with van der Waals surface area (Å²) >= 11 is 0. The van der Waals surface area contributed by atoms with Crippen molar-refractivity contribution >= 4 is 21.6 Å². The minimum Gasteiger partial charge on any atom is -0.352 e. The van der Waals surface area contributed by atoms with E-state index in [2.05, 4.69) is 12.2 Å². The lowest BCUT2D eigenvalue weighted by Crippen LogP contribution is -2.28. The molecule has 0 aromatic heterocycles. The summed E-state index contributed by atoms with van der Waals surface area (Å²) in [6.45, 7) is 4.57. The second-order valence-corrected chi connectivity index (χ2v) is 8.22. The van der Waals surface area contributed by atoms with Crippen molar-refractivity contribution in [3.63, 3.8) is 0 Å². The van der Waals surface area contributed by atoms with Crippen molar-refractivity contribution in [2.45, 2.75) is 38.0 Å². The van der Waals surface area contributed by atoms with E-state index in [1.807, 2.05) is 0 Å². The fourth-order valence-electron chi connectivity index (χ4n) is 2.71. The number of carbonyl (C=O) groups is 1. The number of nitrogens with zero attached hydrogens (tertiary/aromatic N) is 1. The summed E-state index contributed by atoms with van der Waals surface area (Å²) in [5.74, 6) is -0.135. The second kappa shape index (κ2) is 8.85. The Kier molecular flexibility index (Phi) is 6.80. The Morgan fingerprint density at radius 2 is 1.77 bits per heavy atom. The first-order valence-electron chi connectivity index (χ1n) is 8.80. The first kappa shape index (κ1) is 20.0. The van der Waals surface area contributed by atoms with Gasteiger partial charge in [0.05, 0.1) is 10.6 Å². The van der Waals surface area contributed by atoms with E-state index in [0.29, 0.717) is 17.8 Å². The zero-order chi connectivity index (χ0) is 19.2. The van der Waals surface area contributed by atoms with Gasteiger partial charge in [0.25, 0.3) is 15.9 Å². The van der Waals surface area contributed by atoms with E-state index in [1.54, 1.807) is 55.5 Å². The van der Waals surface area contributed by atoms with Crippen LogP contribution in [0.1, 0.15) is 42.1 Å². The molecule has 0 saturated carbocycles. The maximum Gasteiger partial charge on any atom is 0.264 e. The molecule has 0 heterocycles. The van der Waals surface area contributed by atoms with Crippen LogP contribution >= 0.6 is 0 Å². The molecule has 0 aliphatic heterocycles. The highest BCUT2D eigenvalue weighted by molar-refractivity contribution is 7.92. The molecular weight excluding hydrogens is 348 g/mol. The van der Waals surface area contributed by atoms with Gasteiger partial charge >= 0.3 is 0 Å². The minimum atomic E-state index is -3.64. The average molecular weight is 375 g/mol. The second-order valence-electron chi connectivity index (χ2n) is 6.25. The van der Waals surface area contributed by atoms with Gasteiger partial charge in [0, 0.05) is 19.2 Å². The summed E-state index contributed by atoms with van der Waals surface area (Å²) in [5, 5.41) is 2.89. The topological polar surface area (TPSA) is 66.5 Å². The molecule has 6 heteroatoms. The number of sulfonamides is 1. The lowest BCUT2D eigenvalue weighted by atomic mass is 10.1. The van der Waals surface area contributed by atoms with Crippen molar-refractivity contribution in [2.75, 3.05) is 17.9 Å². The smallest absolute Gasteiger partial charge is 0.264 e. The molecule has 0 bridgehead atoms. The normalized spacial score (nSPS) is 11.2. The minimum absolute atomic E-state index is 0.135. The Morgan fingerprint density at radius 3 is 2.38 bits per heavy atom. The van der Waals surface area contributed by atoms with E-state index >= 15 is 0 Å². The van der Waals surface area contributed by atoms with Crippen molar-refractivity contribution in [1.29, 1.82) is 0 Å². The van der Waals surface area contributed by atoms with Crippen LogP contribution in [0, 0.1) is 6.92 Å². The molecule has 2 rings (SSSR count). The number of hydrogen-bond donors (Lipinski definition) is 1. The lowest BCUT2D eigenvalue weighted by molar-refractivity contribution is 0.0953. The van der Waals surface area contributed by atoms with Gasteiger partial charge < -0.3 is 5.32 Å². The number of amides is 1. The molecule has 0 aliphatic rings. The molecule has 2 aromatic rings. The van der Waals surface area contributed by atoms with Crippen molar-refractivity contribution in [3.05, 3.63) is 59.7 Å². The van der Waals surface area contributed by atoms with E-state index in [-0.39, 0.29) is 10.8 Å². The number of anilines is 1. The highest BCUT2D eigenvalue weighted by Gasteiger charge is 2.22. The third-order valence-electron chi connectivity index (χ3n) is 4.27. The molecule has 26 heavy (non-hydrogen) atoms. The van der Waals surface area contributed by atoms with Gasteiger partial charge in [0.15, 0.2) is 0 Å². The zero-order valence-corrected chi connectivity index (χ0v) is 16.3. The van der Waals surface area contributed by atoms with Gasteiger partial charge in [0.2, 0.25) is 0 Å². The third kappa shape index (κ3) is 4.64. The molecule has 0 radical (unpaired) electrons. The molecule has 0 unspecified atom stereocenters. The predicted molar refractivity (Wildman–Crippen MR) is 105 cm³/mol. The Hall–Kier alpha value is -2.34. The number of benzene rings is 2. The molecule has 0 aliphatic carbocycles. The largest absolute Gasteiger partial charge is 0.352 e. The summed E-state index contributed by atoms with van der Waals surface area (Å²) in [5.41, 5.74) is 1.82. The van der Waals surface area contributed by atoms with E-state index in [0.717, 1.165) is 24.8 Å². The van der Waals surface area contributed by atoms with E-state index in [4.69, 9.17) is 0 Å². The number of unbranched alkanes of at least 4 members (excludes halogenated alkanes) is 2.